The van der Waals surface area contributed by atoms with Crippen LogP contribution in [0.1, 0.15) is 23.6 Å². The van der Waals surface area contributed by atoms with Crippen molar-refractivity contribution in [1.29, 1.82) is 0 Å². The lowest BCUT2D eigenvalue weighted by molar-refractivity contribution is -0.258. The van der Waals surface area contributed by atoms with Crippen LogP contribution in [-0.2, 0) is 27.6 Å². The Morgan fingerprint density at radius 2 is 1.64 bits per heavy atom. The van der Waals surface area contributed by atoms with Crippen molar-refractivity contribution in [3.63, 3.8) is 0 Å². The molecule has 1 saturated heterocycles. The Morgan fingerprint density at radius 3 is 2.21 bits per heavy atom. The lowest BCUT2D eigenvalue weighted by Gasteiger charge is -2.35. The topological polar surface area (TPSA) is 73.7 Å². The molecule has 1 N–H and O–H groups in total. The summed E-state index contributed by atoms with van der Waals surface area (Å²) in [7, 11) is -3.98. The number of rotatable bonds is 5. The number of halogens is 6. The molecule has 3 rings (SSSR count). The second kappa shape index (κ2) is 8.76. The van der Waals surface area contributed by atoms with E-state index in [1.807, 2.05) is 0 Å². The van der Waals surface area contributed by atoms with Gasteiger partial charge in [0.05, 0.1) is 11.3 Å². The van der Waals surface area contributed by atoms with Crippen LogP contribution in [0.3, 0.4) is 0 Å². The van der Waals surface area contributed by atoms with Gasteiger partial charge in [-0.05, 0) is 30.2 Å². The van der Waals surface area contributed by atoms with E-state index in [1.54, 1.807) is 0 Å². The lowest BCUT2D eigenvalue weighted by atomic mass is 9.94. The molecule has 1 unspecified atom stereocenters. The zero-order valence-electron chi connectivity index (χ0n) is 17.4. The predicted molar refractivity (Wildman–Crippen MR) is 108 cm³/mol. The Morgan fingerprint density at radius 1 is 1.00 bits per heavy atom. The molecule has 13 heteroatoms. The highest BCUT2D eigenvalue weighted by Crippen LogP contribution is 2.39. The number of alkyl halides is 6. The van der Waals surface area contributed by atoms with Crippen LogP contribution in [0.4, 0.5) is 32.2 Å². The van der Waals surface area contributed by atoms with Crippen molar-refractivity contribution in [3.8, 4) is 0 Å². The maximum absolute atomic E-state index is 13.2. The number of sulfonamides is 1. The van der Waals surface area contributed by atoms with E-state index in [0.717, 1.165) is 28.6 Å². The Labute approximate surface area is 186 Å². The third-order valence-electron chi connectivity index (χ3n) is 5.41. The number of pyridine rings is 1. The summed E-state index contributed by atoms with van der Waals surface area (Å²) in [6, 6.07) is 6.63. The van der Waals surface area contributed by atoms with Crippen LogP contribution in [0, 0.1) is 0 Å². The molecular formula is C20H21F6N3O3S. The van der Waals surface area contributed by atoms with E-state index in [1.165, 1.54) is 23.2 Å². The normalized spacial score (nSPS) is 18.2. The molecule has 1 aromatic carbocycles. The van der Waals surface area contributed by atoms with E-state index in [2.05, 4.69) is 4.98 Å². The number of anilines is 1. The van der Waals surface area contributed by atoms with Crippen LogP contribution in [0.15, 0.2) is 42.6 Å². The molecular weight excluding hydrogens is 476 g/mol. The van der Waals surface area contributed by atoms with E-state index in [4.69, 9.17) is 0 Å². The fourth-order valence-corrected chi connectivity index (χ4v) is 4.98. The molecule has 1 aromatic heterocycles. The zero-order chi connectivity index (χ0) is 24.7. The number of hydrogen-bond acceptors (Lipinski definition) is 5. The third kappa shape index (κ3) is 5.41. The van der Waals surface area contributed by atoms with E-state index in [-0.39, 0.29) is 37.6 Å². The van der Waals surface area contributed by atoms with Gasteiger partial charge in [-0.25, -0.2) is 13.4 Å². The lowest BCUT2D eigenvalue weighted by Crippen LogP contribution is -2.49. The highest BCUT2D eigenvalue weighted by atomic mass is 32.2. The fraction of sp³-hybridized carbons (Fsp3) is 0.450. The first-order chi connectivity index (χ1) is 15.1. The van der Waals surface area contributed by atoms with Gasteiger partial charge in [-0.15, -0.1) is 0 Å². The zero-order valence-corrected chi connectivity index (χ0v) is 18.2. The average molecular weight is 497 g/mol. The van der Waals surface area contributed by atoms with Crippen LogP contribution in [0.2, 0.25) is 0 Å². The molecule has 1 aliphatic heterocycles. The Balaban J connectivity index is 1.73. The van der Waals surface area contributed by atoms with E-state index >= 15 is 0 Å². The van der Waals surface area contributed by atoms with Gasteiger partial charge in [0, 0.05) is 32.4 Å². The van der Waals surface area contributed by atoms with Crippen molar-refractivity contribution >= 4 is 15.8 Å². The summed E-state index contributed by atoms with van der Waals surface area (Å²) in [6.07, 6.45) is -8.35. The molecule has 0 spiro atoms. The SMILES string of the molecule is CC(O)(c1cccc(CS(=O)(=O)N2CCN(c3ncccc3C(F)(F)F)CC2)c1)C(F)(F)F. The van der Waals surface area contributed by atoms with Gasteiger partial charge in [0.1, 0.15) is 5.82 Å². The summed E-state index contributed by atoms with van der Waals surface area (Å²) in [5, 5.41) is 9.83. The molecule has 6 nitrogen and oxygen atoms in total. The van der Waals surface area contributed by atoms with Crippen molar-refractivity contribution in [2.45, 2.75) is 30.6 Å². The van der Waals surface area contributed by atoms with Gasteiger partial charge in [-0.1, -0.05) is 24.3 Å². The molecule has 2 heterocycles. The minimum Gasteiger partial charge on any atom is -0.376 e. The largest absolute Gasteiger partial charge is 0.421 e. The molecule has 0 saturated carbocycles. The van der Waals surface area contributed by atoms with Crippen molar-refractivity contribution in [3.05, 3.63) is 59.3 Å². The smallest absolute Gasteiger partial charge is 0.376 e. The molecule has 2 aromatic rings. The highest BCUT2D eigenvalue weighted by Gasteiger charge is 2.51. The van der Waals surface area contributed by atoms with Gasteiger partial charge < -0.3 is 10.0 Å². The summed E-state index contributed by atoms with van der Waals surface area (Å²) in [5.74, 6) is -0.907. The number of hydrogen-bond donors (Lipinski definition) is 1. The first kappa shape index (κ1) is 25.2. The number of piperazine rings is 1. The average Bonchev–Trinajstić information content (AvgIpc) is 2.72. The van der Waals surface area contributed by atoms with Gasteiger partial charge >= 0.3 is 12.4 Å². The number of benzene rings is 1. The second-order valence-corrected chi connectivity index (χ2v) is 9.75. The Hall–Kier alpha value is -2.38. The number of nitrogens with zero attached hydrogens (tertiary/aromatic N) is 3. The summed E-state index contributed by atoms with van der Waals surface area (Å²) in [5.41, 5.74) is -4.53. The molecule has 0 bridgehead atoms. The highest BCUT2D eigenvalue weighted by molar-refractivity contribution is 7.88. The van der Waals surface area contributed by atoms with Crippen LogP contribution in [-0.4, -0.2) is 55.2 Å². The van der Waals surface area contributed by atoms with Crippen LogP contribution >= 0.6 is 0 Å². The van der Waals surface area contributed by atoms with Crippen molar-refractivity contribution < 1.29 is 39.9 Å². The maximum atomic E-state index is 13.2. The number of aromatic nitrogens is 1. The molecule has 1 atom stereocenters. The molecule has 0 radical (unpaired) electrons. The minimum atomic E-state index is -4.96. The first-order valence-corrected chi connectivity index (χ1v) is 11.4. The van der Waals surface area contributed by atoms with Crippen molar-refractivity contribution in [2.75, 3.05) is 31.1 Å². The van der Waals surface area contributed by atoms with Gasteiger partial charge in [-0.2, -0.15) is 30.6 Å². The van der Waals surface area contributed by atoms with Crippen LogP contribution in [0.5, 0.6) is 0 Å². The van der Waals surface area contributed by atoms with Crippen LogP contribution in [0.25, 0.3) is 0 Å². The monoisotopic (exact) mass is 497 g/mol. The minimum absolute atomic E-state index is 0.0395. The molecule has 1 fully saturated rings. The number of aliphatic hydroxyl groups is 1. The Kier molecular flexibility index (Phi) is 6.70. The fourth-order valence-electron chi connectivity index (χ4n) is 3.48. The molecule has 0 aliphatic carbocycles. The maximum Gasteiger partial charge on any atom is 0.421 e. The van der Waals surface area contributed by atoms with E-state index in [9.17, 15) is 39.9 Å². The molecule has 0 amide bonds. The predicted octanol–water partition coefficient (Wildman–Crippen LogP) is 3.52. The molecule has 33 heavy (non-hydrogen) atoms. The Bertz CT molecular complexity index is 1090. The second-order valence-electron chi connectivity index (χ2n) is 7.78. The molecule has 1 aliphatic rings. The van der Waals surface area contributed by atoms with Crippen LogP contribution < -0.4 is 4.90 Å². The summed E-state index contributed by atoms with van der Waals surface area (Å²) >= 11 is 0. The summed E-state index contributed by atoms with van der Waals surface area (Å²) < 4.78 is 106. The summed E-state index contributed by atoms with van der Waals surface area (Å²) in [6.45, 7) is 0.267. The van der Waals surface area contributed by atoms with Gasteiger partial charge in [-0.3, -0.25) is 0 Å². The van der Waals surface area contributed by atoms with E-state index < -0.39 is 44.9 Å². The summed E-state index contributed by atoms with van der Waals surface area (Å²) in [4.78, 5) is 5.14. The first-order valence-electron chi connectivity index (χ1n) is 9.76. The van der Waals surface area contributed by atoms with Crippen molar-refractivity contribution in [2.24, 2.45) is 0 Å². The molecule has 182 valence electrons. The third-order valence-corrected chi connectivity index (χ3v) is 7.26. The van der Waals surface area contributed by atoms with Gasteiger partial charge in [0.2, 0.25) is 10.0 Å². The van der Waals surface area contributed by atoms with Gasteiger partial charge in [0.25, 0.3) is 0 Å². The quantitative estimate of drug-likeness (QED) is 0.640. The van der Waals surface area contributed by atoms with E-state index in [0.29, 0.717) is 6.92 Å². The standard InChI is InChI=1S/C20H21F6N3O3S/c1-18(30,20(24,25)26)15-5-2-4-14(12-15)13-33(31,32)29-10-8-28(9-11-29)17-16(19(21,22)23)6-3-7-27-17/h2-7,12,30H,8-11,13H2,1H3. The van der Waals surface area contributed by atoms with Gasteiger partial charge in [0.15, 0.2) is 5.60 Å². The van der Waals surface area contributed by atoms with Crippen molar-refractivity contribution in [1.82, 2.24) is 9.29 Å².